The first-order chi connectivity index (χ1) is 19.0. The third-order valence-corrected chi connectivity index (χ3v) is 12.5. The van der Waals surface area contributed by atoms with Gasteiger partial charge in [0.1, 0.15) is 0 Å². The van der Waals surface area contributed by atoms with E-state index in [9.17, 15) is 0 Å². The van der Waals surface area contributed by atoms with Crippen LogP contribution in [0.5, 0.6) is 0 Å². The third-order valence-electron chi connectivity index (χ3n) is 11.6. The molecule has 1 aliphatic heterocycles. The van der Waals surface area contributed by atoms with Crippen molar-refractivity contribution in [1.29, 1.82) is 0 Å². The molecule has 3 bridgehead atoms. The normalized spacial score (nSPS) is 41.5. The molecule has 7 heteroatoms. The van der Waals surface area contributed by atoms with Gasteiger partial charge < -0.3 is 15.0 Å². The number of hydrogen-bond acceptors (Lipinski definition) is 7. The Bertz CT molecular complexity index is 1220. The maximum atomic E-state index is 6.96. The minimum Gasteiger partial charge on any atom is -0.377 e. The smallest absolute Gasteiger partial charge is 0.210 e. The van der Waals surface area contributed by atoms with Crippen LogP contribution in [-0.4, -0.2) is 44.8 Å². The topological polar surface area (TPSA) is 55.0 Å². The summed E-state index contributed by atoms with van der Waals surface area (Å²) < 4.78 is 10.5. The van der Waals surface area contributed by atoms with Crippen molar-refractivity contribution in [3.05, 3.63) is 36.4 Å². The van der Waals surface area contributed by atoms with Crippen LogP contribution < -0.4 is 14.9 Å². The maximum Gasteiger partial charge on any atom is 0.210 e. The van der Waals surface area contributed by atoms with Gasteiger partial charge in [0.15, 0.2) is 0 Å². The van der Waals surface area contributed by atoms with Crippen LogP contribution in [0.1, 0.15) is 64.2 Å². The van der Waals surface area contributed by atoms with E-state index in [0.29, 0.717) is 23.3 Å². The lowest BCUT2D eigenvalue weighted by Gasteiger charge is -2.49. The van der Waals surface area contributed by atoms with E-state index in [4.69, 9.17) is 14.5 Å². The van der Waals surface area contributed by atoms with Gasteiger partial charge in [0, 0.05) is 67.3 Å². The highest BCUT2D eigenvalue weighted by Gasteiger charge is 2.77. The number of nitrogens with one attached hydrogen (secondary N) is 2. The molecule has 0 radical (unpaired) electrons. The van der Waals surface area contributed by atoms with E-state index >= 15 is 0 Å². The summed E-state index contributed by atoms with van der Waals surface area (Å²) in [5, 5.41) is 6.42. The zero-order valence-electron chi connectivity index (χ0n) is 23.4. The molecule has 1 saturated heterocycles. The lowest BCUT2D eigenvalue weighted by atomic mass is 9.56. The van der Waals surface area contributed by atoms with Gasteiger partial charge in [0.25, 0.3) is 0 Å². The van der Waals surface area contributed by atoms with Crippen LogP contribution in [0.15, 0.2) is 41.3 Å². The van der Waals surface area contributed by atoms with Crippen molar-refractivity contribution in [1.82, 2.24) is 10.0 Å². The zero-order valence-corrected chi connectivity index (χ0v) is 24.2. The molecule has 4 atom stereocenters. The number of hydrogen-bond donors (Lipinski definition) is 2. The van der Waals surface area contributed by atoms with Crippen molar-refractivity contribution >= 4 is 28.4 Å². The van der Waals surface area contributed by atoms with E-state index in [1.165, 1.54) is 53.5 Å². The Hall–Kier alpha value is -1.35. The molecule has 6 nitrogen and oxygen atoms in total. The number of rotatable bonds is 8. The van der Waals surface area contributed by atoms with Crippen molar-refractivity contribution in [2.24, 2.45) is 29.1 Å². The van der Waals surface area contributed by atoms with Crippen LogP contribution in [0.2, 0.25) is 0 Å². The van der Waals surface area contributed by atoms with Gasteiger partial charge >= 0.3 is 0 Å². The van der Waals surface area contributed by atoms with E-state index in [1.807, 2.05) is 0 Å². The lowest BCUT2D eigenvalue weighted by Crippen LogP contribution is -2.50. The van der Waals surface area contributed by atoms with Gasteiger partial charge in [-0.3, -0.25) is 4.72 Å². The van der Waals surface area contributed by atoms with Crippen molar-refractivity contribution in [3.63, 3.8) is 0 Å². The molecule has 4 unspecified atom stereocenters. The summed E-state index contributed by atoms with van der Waals surface area (Å²) in [6.07, 6.45) is 11.9. The summed E-state index contributed by atoms with van der Waals surface area (Å²) in [4.78, 5) is 15.9. The number of fused-ring (bicyclic) bond motifs is 5. The van der Waals surface area contributed by atoms with Crippen molar-refractivity contribution in [2.75, 3.05) is 32.1 Å². The molecule has 210 valence electrons. The molecule has 5 aliphatic carbocycles. The Labute approximate surface area is 236 Å². The van der Waals surface area contributed by atoms with Gasteiger partial charge in [0.2, 0.25) is 11.6 Å². The van der Waals surface area contributed by atoms with Gasteiger partial charge in [-0.05, 0) is 105 Å². The molecule has 6 aliphatic rings. The molecule has 5 saturated carbocycles. The van der Waals surface area contributed by atoms with E-state index in [2.05, 4.69) is 65.4 Å². The summed E-state index contributed by atoms with van der Waals surface area (Å²) in [6.45, 7) is 2.01. The fourth-order valence-electron chi connectivity index (χ4n) is 9.67. The van der Waals surface area contributed by atoms with Gasteiger partial charge in [-0.15, -0.1) is 0 Å². The predicted octanol–water partition coefficient (Wildman–Crippen LogP) is 6.25. The quantitative estimate of drug-likeness (QED) is 0.229. The number of nitrogens with zero attached hydrogens (tertiary/aromatic N) is 1. The first-order valence-corrected chi connectivity index (χ1v) is 16.2. The van der Waals surface area contributed by atoms with Crippen LogP contribution in [0, 0.1) is 29.1 Å². The molecule has 8 rings (SSSR count). The second-order valence-electron chi connectivity index (χ2n) is 13.6. The minimum atomic E-state index is -0.503. The highest BCUT2D eigenvalue weighted by Crippen LogP contribution is 2.79. The SMILES string of the molecule is CN(C)c1cccc2c(SNCCCNC3CCC4(CC3)OOC3(O4)C4CC5CC6CC3CC56C4)cccc12. The predicted molar refractivity (Wildman–Crippen MR) is 155 cm³/mol. The number of benzene rings is 2. The molecule has 1 heterocycles. The molecule has 2 N–H and O–H groups in total. The van der Waals surface area contributed by atoms with E-state index in [0.717, 1.165) is 57.0 Å². The Morgan fingerprint density at radius 3 is 2.36 bits per heavy atom. The Kier molecular flexibility index (Phi) is 6.07. The van der Waals surface area contributed by atoms with Gasteiger partial charge in [-0.25, -0.2) is 0 Å². The van der Waals surface area contributed by atoms with Crippen LogP contribution >= 0.6 is 11.9 Å². The fraction of sp³-hybridized carbons (Fsp3) is 0.688. The Balaban J connectivity index is 0.792. The summed E-state index contributed by atoms with van der Waals surface area (Å²) in [5.74, 6) is 2.05. The van der Waals surface area contributed by atoms with Gasteiger partial charge in [0.05, 0.1) is 0 Å². The van der Waals surface area contributed by atoms with E-state index < -0.39 is 11.6 Å². The molecular formula is C32H43N3O3S. The molecule has 0 amide bonds. The number of ether oxygens (including phenoxy) is 1. The standard InChI is InChI=1S/C32H43N3O3S/c1-35(2)28-8-3-7-27-26(28)6-4-9-29(27)39-34-15-5-14-33-25-10-12-31(13-11-25)36-32(38-37-31)23-17-21-16-22-18-24(32)20-30(21,22)19-23/h3-4,6-9,21-25,33-34H,5,10-20H2,1-2H3. The molecule has 2 aromatic carbocycles. The average Bonchev–Trinajstić information content (AvgIpc) is 3.53. The lowest BCUT2D eigenvalue weighted by molar-refractivity contribution is -0.374. The van der Waals surface area contributed by atoms with Crippen molar-refractivity contribution in [3.8, 4) is 0 Å². The van der Waals surface area contributed by atoms with Gasteiger partial charge in [-0.1, -0.05) is 24.3 Å². The summed E-state index contributed by atoms with van der Waals surface area (Å²) in [6, 6.07) is 13.7. The Morgan fingerprint density at radius 1 is 0.872 bits per heavy atom. The van der Waals surface area contributed by atoms with E-state index in [-0.39, 0.29) is 0 Å². The van der Waals surface area contributed by atoms with Gasteiger partial charge in [-0.2, -0.15) is 9.78 Å². The first-order valence-electron chi connectivity index (χ1n) is 15.4. The molecule has 6 fully saturated rings. The summed E-state index contributed by atoms with van der Waals surface area (Å²) in [5.41, 5.74) is 1.93. The fourth-order valence-corrected chi connectivity index (χ4v) is 10.5. The molecular weight excluding hydrogens is 506 g/mol. The van der Waals surface area contributed by atoms with Crippen LogP contribution in [0.25, 0.3) is 10.8 Å². The highest BCUT2D eigenvalue weighted by molar-refractivity contribution is 7.97. The van der Waals surface area contributed by atoms with Crippen LogP contribution in [0.4, 0.5) is 5.69 Å². The molecule has 39 heavy (non-hydrogen) atoms. The monoisotopic (exact) mass is 549 g/mol. The second-order valence-corrected chi connectivity index (χ2v) is 14.6. The van der Waals surface area contributed by atoms with Crippen molar-refractivity contribution in [2.45, 2.75) is 86.7 Å². The number of anilines is 1. The largest absolute Gasteiger partial charge is 0.377 e. The maximum absolute atomic E-state index is 6.96. The molecule has 0 aromatic heterocycles. The summed E-state index contributed by atoms with van der Waals surface area (Å²) >= 11 is 1.75. The van der Waals surface area contributed by atoms with Crippen LogP contribution in [-0.2, 0) is 14.5 Å². The Morgan fingerprint density at radius 2 is 1.59 bits per heavy atom. The third kappa shape index (κ3) is 3.87. The minimum absolute atomic E-state index is 0.435. The average molecular weight is 550 g/mol. The zero-order chi connectivity index (χ0) is 26.2. The van der Waals surface area contributed by atoms with Crippen molar-refractivity contribution < 1.29 is 14.5 Å². The molecule has 2 aromatic rings. The molecule has 3 spiro atoms. The summed E-state index contributed by atoms with van der Waals surface area (Å²) in [7, 11) is 4.21. The second kappa shape index (κ2) is 9.33. The first kappa shape index (κ1) is 25.4. The van der Waals surface area contributed by atoms with E-state index in [1.54, 1.807) is 11.9 Å². The highest BCUT2D eigenvalue weighted by atomic mass is 32.2. The van der Waals surface area contributed by atoms with Crippen LogP contribution in [0.3, 0.4) is 0 Å².